The van der Waals surface area contributed by atoms with Gasteiger partial charge in [-0.25, -0.2) is 9.97 Å². The van der Waals surface area contributed by atoms with E-state index in [9.17, 15) is 4.79 Å². The molecule has 0 radical (unpaired) electrons. The Morgan fingerprint density at radius 3 is 2.67 bits per heavy atom. The number of carbonyl (C=O) groups is 1. The predicted molar refractivity (Wildman–Crippen MR) is 98.3 cm³/mol. The first-order valence-corrected chi connectivity index (χ1v) is 10.0. The van der Waals surface area contributed by atoms with Crippen molar-refractivity contribution >= 4 is 34.2 Å². The fourth-order valence-corrected chi connectivity index (χ4v) is 4.79. The number of rotatable bonds is 4. The van der Waals surface area contributed by atoms with Crippen LogP contribution in [-0.2, 0) is 11.2 Å². The van der Waals surface area contributed by atoms with Crippen LogP contribution in [0.25, 0.3) is 5.57 Å². The second kappa shape index (κ2) is 6.61. The van der Waals surface area contributed by atoms with Gasteiger partial charge in [0.2, 0.25) is 5.91 Å². The van der Waals surface area contributed by atoms with E-state index in [1.54, 1.807) is 22.7 Å². The lowest BCUT2D eigenvalue weighted by Gasteiger charge is -2.15. The van der Waals surface area contributed by atoms with Crippen molar-refractivity contribution in [2.45, 2.75) is 32.6 Å². The fourth-order valence-electron chi connectivity index (χ4n) is 3.11. The molecule has 4 rings (SSSR count). The summed E-state index contributed by atoms with van der Waals surface area (Å²) in [5.74, 6) is 0.201. The molecule has 1 fully saturated rings. The molecule has 2 aromatic heterocycles. The Balaban J connectivity index is 1.45. The Morgan fingerprint density at radius 1 is 1.17 bits per heavy atom. The van der Waals surface area contributed by atoms with Crippen LogP contribution in [0.15, 0.2) is 28.5 Å². The molecule has 1 aliphatic carbocycles. The summed E-state index contributed by atoms with van der Waals surface area (Å²) in [6.07, 6.45) is 7.92. The summed E-state index contributed by atoms with van der Waals surface area (Å²) >= 11 is 3.35. The first-order valence-electron chi connectivity index (χ1n) is 8.25. The molecule has 1 aliphatic heterocycles. The number of allylic oxidation sites excluding steroid dienone is 3. The second-order valence-electron chi connectivity index (χ2n) is 6.22. The Bertz CT molecular complexity index is 825. The summed E-state index contributed by atoms with van der Waals surface area (Å²) in [6, 6.07) is 0. The summed E-state index contributed by atoms with van der Waals surface area (Å²) in [5, 5.41) is 6.34. The van der Waals surface area contributed by atoms with E-state index in [1.165, 1.54) is 0 Å². The summed E-state index contributed by atoms with van der Waals surface area (Å²) in [6.45, 7) is 3.82. The Labute approximate surface area is 149 Å². The quantitative estimate of drug-likeness (QED) is 0.835. The van der Waals surface area contributed by atoms with Crippen molar-refractivity contribution < 1.29 is 4.79 Å². The number of thiazole rings is 2. The standard InChI is InChI=1S/C18H19N3OS2/c1-12-10-23-16(19-12)9-17-20-15(11-24-17)13-4-5-14(8-13)18(22)21-6-2-3-7-21/h4,8,10-11H,2-3,5-7,9H2,1H3. The molecule has 0 unspecified atom stereocenters. The lowest BCUT2D eigenvalue weighted by molar-refractivity contribution is -0.126. The SMILES string of the molecule is Cc1csc(Cc2nc(C3=CCC(C(=O)N4CCCC4)=C3)cs2)n1. The number of likely N-dealkylation sites (tertiary alicyclic amines) is 1. The van der Waals surface area contributed by atoms with Gasteiger partial charge in [0.1, 0.15) is 5.01 Å². The van der Waals surface area contributed by atoms with Gasteiger partial charge >= 0.3 is 0 Å². The van der Waals surface area contributed by atoms with Crippen LogP contribution in [0.5, 0.6) is 0 Å². The first kappa shape index (κ1) is 15.7. The highest BCUT2D eigenvalue weighted by Crippen LogP contribution is 2.29. The van der Waals surface area contributed by atoms with Crippen LogP contribution in [0.1, 0.15) is 40.7 Å². The maximum atomic E-state index is 12.5. The van der Waals surface area contributed by atoms with E-state index in [0.29, 0.717) is 0 Å². The number of hydrogen-bond donors (Lipinski definition) is 0. The Hall–Kier alpha value is -1.79. The summed E-state index contributed by atoms with van der Waals surface area (Å²) < 4.78 is 0. The smallest absolute Gasteiger partial charge is 0.250 e. The van der Waals surface area contributed by atoms with Gasteiger partial charge in [-0.15, -0.1) is 22.7 Å². The summed E-state index contributed by atoms with van der Waals surface area (Å²) in [5.41, 5.74) is 4.03. The predicted octanol–water partition coefficient (Wildman–Crippen LogP) is 3.83. The van der Waals surface area contributed by atoms with Gasteiger partial charge in [0.05, 0.1) is 17.1 Å². The van der Waals surface area contributed by atoms with E-state index in [4.69, 9.17) is 4.98 Å². The molecule has 0 saturated carbocycles. The van der Waals surface area contributed by atoms with Crippen LogP contribution < -0.4 is 0 Å². The van der Waals surface area contributed by atoms with Crippen LogP contribution in [-0.4, -0.2) is 33.9 Å². The summed E-state index contributed by atoms with van der Waals surface area (Å²) in [4.78, 5) is 23.7. The maximum absolute atomic E-state index is 12.5. The highest BCUT2D eigenvalue weighted by Gasteiger charge is 2.24. The molecule has 0 bridgehead atoms. The number of aromatic nitrogens is 2. The van der Waals surface area contributed by atoms with Crippen LogP contribution in [0.4, 0.5) is 0 Å². The average Bonchev–Trinajstić information content (AvgIpc) is 3.35. The molecule has 24 heavy (non-hydrogen) atoms. The molecule has 6 heteroatoms. The molecule has 3 heterocycles. The zero-order valence-corrected chi connectivity index (χ0v) is 15.3. The number of carbonyl (C=O) groups excluding carboxylic acids is 1. The molecule has 1 amide bonds. The van der Waals surface area contributed by atoms with E-state index < -0.39 is 0 Å². The molecule has 0 N–H and O–H groups in total. The minimum atomic E-state index is 0.201. The molecule has 2 aromatic rings. The van der Waals surface area contributed by atoms with E-state index in [1.807, 2.05) is 17.9 Å². The van der Waals surface area contributed by atoms with E-state index in [0.717, 1.165) is 71.3 Å². The highest BCUT2D eigenvalue weighted by molar-refractivity contribution is 7.11. The zero-order chi connectivity index (χ0) is 16.5. The molecule has 124 valence electrons. The molecule has 4 nitrogen and oxygen atoms in total. The molecule has 1 saturated heterocycles. The first-order chi connectivity index (χ1) is 11.7. The van der Waals surface area contributed by atoms with Crippen molar-refractivity contribution in [3.63, 3.8) is 0 Å². The van der Waals surface area contributed by atoms with Gasteiger partial charge in [0.15, 0.2) is 0 Å². The molecule has 0 atom stereocenters. The van der Waals surface area contributed by atoms with Crippen molar-refractivity contribution in [1.82, 2.24) is 14.9 Å². The normalized spacial score (nSPS) is 17.3. The number of aryl methyl sites for hydroxylation is 1. The fraction of sp³-hybridized carbons (Fsp3) is 0.389. The molecular weight excluding hydrogens is 338 g/mol. The maximum Gasteiger partial charge on any atom is 0.250 e. The molecule has 0 spiro atoms. The lowest BCUT2D eigenvalue weighted by atomic mass is 10.2. The van der Waals surface area contributed by atoms with Gasteiger partial charge in [-0.3, -0.25) is 4.79 Å². The monoisotopic (exact) mass is 357 g/mol. The van der Waals surface area contributed by atoms with E-state index >= 15 is 0 Å². The van der Waals surface area contributed by atoms with Crippen molar-refractivity contribution in [3.05, 3.63) is 49.9 Å². The minimum Gasteiger partial charge on any atom is -0.339 e. The highest BCUT2D eigenvalue weighted by atomic mass is 32.1. The largest absolute Gasteiger partial charge is 0.339 e. The van der Waals surface area contributed by atoms with Gasteiger partial charge in [-0.2, -0.15) is 0 Å². The third kappa shape index (κ3) is 3.21. The molecule has 2 aliphatic rings. The molecular formula is C18H19N3OS2. The van der Waals surface area contributed by atoms with Crippen LogP contribution >= 0.6 is 22.7 Å². The van der Waals surface area contributed by atoms with Crippen LogP contribution in [0.2, 0.25) is 0 Å². The van der Waals surface area contributed by atoms with E-state index in [-0.39, 0.29) is 5.91 Å². The molecule has 0 aromatic carbocycles. The Morgan fingerprint density at radius 2 is 1.92 bits per heavy atom. The van der Waals surface area contributed by atoms with Crippen molar-refractivity contribution in [1.29, 1.82) is 0 Å². The van der Waals surface area contributed by atoms with Gasteiger partial charge in [0.25, 0.3) is 0 Å². The zero-order valence-electron chi connectivity index (χ0n) is 13.6. The number of nitrogens with zero attached hydrogens (tertiary/aromatic N) is 3. The van der Waals surface area contributed by atoms with Crippen molar-refractivity contribution in [2.24, 2.45) is 0 Å². The van der Waals surface area contributed by atoms with E-state index in [2.05, 4.69) is 21.8 Å². The average molecular weight is 358 g/mol. The second-order valence-corrected chi connectivity index (χ2v) is 8.10. The van der Waals surface area contributed by atoms with Gasteiger partial charge in [-0.1, -0.05) is 6.08 Å². The van der Waals surface area contributed by atoms with Gasteiger partial charge in [0, 0.05) is 35.1 Å². The number of hydrogen-bond acceptors (Lipinski definition) is 5. The van der Waals surface area contributed by atoms with Gasteiger partial charge in [-0.05, 0) is 37.8 Å². The van der Waals surface area contributed by atoms with Crippen molar-refractivity contribution in [3.8, 4) is 0 Å². The number of amides is 1. The summed E-state index contributed by atoms with van der Waals surface area (Å²) in [7, 11) is 0. The lowest BCUT2D eigenvalue weighted by Crippen LogP contribution is -2.28. The van der Waals surface area contributed by atoms with Gasteiger partial charge < -0.3 is 4.90 Å². The minimum absolute atomic E-state index is 0.201. The Kier molecular flexibility index (Phi) is 4.33. The third-order valence-electron chi connectivity index (χ3n) is 4.36. The van der Waals surface area contributed by atoms with Crippen molar-refractivity contribution in [2.75, 3.05) is 13.1 Å². The third-order valence-corrected chi connectivity index (χ3v) is 6.17. The van der Waals surface area contributed by atoms with Crippen LogP contribution in [0.3, 0.4) is 0 Å². The van der Waals surface area contributed by atoms with Crippen LogP contribution in [0, 0.1) is 6.92 Å². The topological polar surface area (TPSA) is 46.1 Å².